The van der Waals surface area contributed by atoms with E-state index in [-0.39, 0.29) is 0 Å². The van der Waals surface area contributed by atoms with Gasteiger partial charge in [0.15, 0.2) is 0 Å². The largest absolute Gasteiger partial charge is 0.314 e. The Kier molecular flexibility index (Phi) is 6.31. The zero-order chi connectivity index (χ0) is 11.1. The molecular formula is C14H29N. The predicted molar refractivity (Wildman–Crippen MR) is 68.1 cm³/mol. The summed E-state index contributed by atoms with van der Waals surface area (Å²) in [7, 11) is 0. The van der Waals surface area contributed by atoms with E-state index in [1.54, 1.807) is 0 Å². The van der Waals surface area contributed by atoms with Crippen LogP contribution < -0.4 is 5.32 Å². The topological polar surface area (TPSA) is 12.0 Å². The normalized spacial score (nSPS) is 20.8. The van der Waals surface area contributed by atoms with Gasteiger partial charge in [-0.2, -0.15) is 0 Å². The van der Waals surface area contributed by atoms with Crippen LogP contribution in [0.25, 0.3) is 0 Å². The third-order valence-electron chi connectivity index (χ3n) is 3.76. The summed E-state index contributed by atoms with van der Waals surface area (Å²) in [5, 5.41) is 3.63. The van der Waals surface area contributed by atoms with E-state index in [1.165, 1.54) is 51.5 Å². The van der Waals surface area contributed by atoms with Crippen molar-refractivity contribution in [2.75, 3.05) is 6.54 Å². The molecule has 1 saturated carbocycles. The van der Waals surface area contributed by atoms with Gasteiger partial charge in [-0.25, -0.2) is 0 Å². The van der Waals surface area contributed by atoms with Crippen LogP contribution in [0.1, 0.15) is 65.7 Å². The molecule has 1 nitrogen and oxygen atoms in total. The van der Waals surface area contributed by atoms with E-state index in [0.717, 1.165) is 11.8 Å². The van der Waals surface area contributed by atoms with Gasteiger partial charge >= 0.3 is 0 Å². The average molecular weight is 211 g/mol. The van der Waals surface area contributed by atoms with E-state index < -0.39 is 0 Å². The first-order valence-corrected chi connectivity index (χ1v) is 6.97. The average Bonchev–Trinajstić information content (AvgIpc) is 2.25. The summed E-state index contributed by atoms with van der Waals surface area (Å²) in [6.07, 6.45) is 10.2. The molecule has 1 N–H and O–H groups in total. The van der Waals surface area contributed by atoms with Gasteiger partial charge in [-0.3, -0.25) is 0 Å². The van der Waals surface area contributed by atoms with Crippen LogP contribution in [0.4, 0.5) is 0 Å². The molecule has 0 saturated heterocycles. The van der Waals surface area contributed by atoms with Gasteiger partial charge in [0.1, 0.15) is 0 Å². The second kappa shape index (κ2) is 7.27. The van der Waals surface area contributed by atoms with Gasteiger partial charge in [-0.05, 0) is 24.8 Å². The van der Waals surface area contributed by atoms with Gasteiger partial charge < -0.3 is 5.32 Å². The monoisotopic (exact) mass is 211 g/mol. The van der Waals surface area contributed by atoms with Crippen molar-refractivity contribution in [3.8, 4) is 0 Å². The van der Waals surface area contributed by atoms with Crippen LogP contribution in [0.5, 0.6) is 0 Å². The summed E-state index contributed by atoms with van der Waals surface area (Å²) in [5.74, 6) is 1.96. The molecule has 0 aromatic heterocycles. The molecule has 1 atom stereocenters. The lowest BCUT2D eigenvalue weighted by atomic mass is 9.78. The molecule has 0 heterocycles. The Hall–Kier alpha value is -0.0400. The standard InChI is InChI=1S/C14H29N/c1-4-8-14(11-15-12(2)3)13-9-6-5-7-10-13/h12-15H,4-11H2,1-3H3. The lowest BCUT2D eigenvalue weighted by Gasteiger charge is -2.31. The first kappa shape index (κ1) is 13.0. The third kappa shape index (κ3) is 5.01. The van der Waals surface area contributed by atoms with E-state index in [0.29, 0.717) is 6.04 Å². The van der Waals surface area contributed by atoms with E-state index >= 15 is 0 Å². The number of rotatable bonds is 6. The van der Waals surface area contributed by atoms with Gasteiger partial charge in [-0.1, -0.05) is 59.3 Å². The fourth-order valence-corrected chi connectivity index (χ4v) is 2.87. The smallest absolute Gasteiger partial charge is 0.00104 e. The van der Waals surface area contributed by atoms with Crippen molar-refractivity contribution in [2.45, 2.75) is 71.8 Å². The van der Waals surface area contributed by atoms with Crippen molar-refractivity contribution in [3.05, 3.63) is 0 Å². The molecule has 1 aliphatic rings. The SMILES string of the molecule is CCCC(CNC(C)C)C1CCCCC1. The second-order valence-corrected chi connectivity index (χ2v) is 5.51. The number of nitrogens with one attached hydrogen (secondary N) is 1. The van der Waals surface area contributed by atoms with Crippen molar-refractivity contribution in [1.29, 1.82) is 0 Å². The quantitative estimate of drug-likeness (QED) is 0.700. The van der Waals surface area contributed by atoms with Gasteiger partial charge in [0.25, 0.3) is 0 Å². The highest BCUT2D eigenvalue weighted by atomic mass is 14.9. The molecule has 0 bridgehead atoms. The highest BCUT2D eigenvalue weighted by Crippen LogP contribution is 2.32. The van der Waals surface area contributed by atoms with Crippen LogP contribution in [0.3, 0.4) is 0 Å². The minimum Gasteiger partial charge on any atom is -0.314 e. The molecule has 0 radical (unpaired) electrons. The van der Waals surface area contributed by atoms with Gasteiger partial charge in [0.2, 0.25) is 0 Å². The Morgan fingerprint density at radius 1 is 1.13 bits per heavy atom. The molecule has 15 heavy (non-hydrogen) atoms. The van der Waals surface area contributed by atoms with Crippen molar-refractivity contribution in [1.82, 2.24) is 5.32 Å². The van der Waals surface area contributed by atoms with Crippen LogP contribution in [-0.2, 0) is 0 Å². The number of hydrogen-bond acceptors (Lipinski definition) is 1. The van der Waals surface area contributed by atoms with E-state index in [1.807, 2.05) is 0 Å². The highest BCUT2D eigenvalue weighted by Gasteiger charge is 2.22. The summed E-state index contributed by atoms with van der Waals surface area (Å²) in [5.41, 5.74) is 0. The summed E-state index contributed by atoms with van der Waals surface area (Å²) < 4.78 is 0. The minimum absolute atomic E-state index is 0.646. The highest BCUT2D eigenvalue weighted by molar-refractivity contribution is 4.76. The molecule has 0 aliphatic heterocycles. The molecule has 0 spiro atoms. The Morgan fingerprint density at radius 3 is 2.33 bits per heavy atom. The van der Waals surface area contributed by atoms with Crippen LogP contribution in [0.15, 0.2) is 0 Å². The van der Waals surface area contributed by atoms with Crippen LogP contribution in [-0.4, -0.2) is 12.6 Å². The lowest BCUT2D eigenvalue weighted by molar-refractivity contribution is 0.225. The second-order valence-electron chi connectivity index (χ2n) is 5.51. The maximum Gasteiger partial charge on any atom is 0.00104 e. The van der Waals surface area contributed by atoms with Crippen molar-refractivity contribution in [3.63, 3.8) is 0 Å². The molecule has 1 fully saturated rings. The Bertz CT molecular complexity index is 147. The summed E-state index contributed by atoms with van der Waals surface area (Å²) in [6, 6.07) is 0.646. The van der Waals surface area contributed by atoms with Gasteiger partial charge in [0, 0.05) is 6.04 Å². The Morgan fingerprint density at radius 2 is 1.80 bits per heavy atom. The first-order valence-electron chi connectivity index (χ1n) is 6.97. The molecule has 1 aliphatic carbocycles. The maximum atomic E-state index is 3.63. The van der Waals surface area contributed by atoms with Crippen molar-refractivity contribution in [2.24, 2.45) is 11.8 Å². The molecule has 0 aromatic carbocycles. The fourth-order valence-electron chi connectivity index (χ4n) is 2.87. The van der Waals surface area contributed by atoms with Crippen molar-refractivity contribution < 1.29 is 0 Å². The molecule has 90 valence electrons. The van der Waals surface area contributed by atoms with E-state index in [4.69, 9.17) is 0 Å². The zero-order valence-corrected chi connectivity index (χ0v) is 10.9. The molecule has 1 heteroatoms. The van der Waals surface area contributed by atoms with Crippen LogP contribution in [0, 0.1) is 11.8 Å². The fraction of sp³-hybridized carbons (Fsp3) is 1.00. The van der Waals surface area contributed by atoms with Crippen LogP contribution >= 0.6 is 0 Å². The molecule has 0 aromatic rings. The third-order valence-corrected chi connectivity index (χ3v) is 3.76. The van der Waals surface area contributed by atoms with Gasteiger partial charge in [0.05, 0.1) is 0 Å². The predicted octanol–water partition coefficient (Wildman–Crippen LogP) is 3.98. The summed E-state index contributed by atoms with van der Waals surface area (Å²) in [6.45, 7) is 8.08. The molecule has 1 unspecified atom stereocenters. The summed E-state index contributed by atoms with van der Waals surface area (Å²) in [4.78, 5) is 0. The molecule has 1 rings (SSSR count). The molecule has 0 amide bonds. The zero-order valence-electron chi connectivity index (χ0n) is 10.9. The first-order chi connectivity index (χ1) is 7.24. The van der Waals surface area contributed by atoms with E-state index in [2.05, 4.69) is 26.1 Å². The lowest BCUT2D eigenvalue weighted by Crippen LogP contribution is -2.33. The number of hydrogen-bond donors (Lipinski definition) is 1. The summed E-state index contributed by atoms with van der Waals surface area (Å²) >= 11 is 0. The Labute approximate surface area is 96.0 Å². The molecular weight excluding hydrogens is 182 g/mol. The minimum atomic E-state index is 0.646. The van der Waals surface area contributed by atoms with Gasteiger partial charge in [-0.15, -0.1) is 0 Å². The maximum absolute atomic E-state index is 3.63. The van der Waals surface area contributed by atoms with Crippen molar-refractivity contribution >= 4 is 0 Å². The van der Waals surface area contributed by atoms with Crippen LogP contribution in [0.2, 0.25) is 0 Å². The Balaban J connectivity index is 2.33. The van der Waals surface area contributed by atoms with E-state index in [9.17, 15) is 0 Å².